The summed E-state index contributed by atoms with van der Waals surface area (Å²) < 4.78 is 0. The van der Waals surface area contributed by atoms with Crippen LogP contribution in [0.25, 0.3) is 0 Å². The van der Waals surface area contributed by atoms with E-state index >= 15 is 0 Å². The van der Waals surface area contributed by atoms with Crippen LogP contribution in [0.5, 0.6) is 0 Å². The van der Waals surface area contributed by atoms with Crippen LogP contribution >= 0.6 is 0 Å². The quantitative estimate of drug-likeness (QED) is 0.663. The summed E-state index contributed by atoms with van der Waals surface area (Å²) in [5.41, 5.74) is 5.01. The van der Waals surface area contributed by atoms with E-state index in [1.807, 2.05) is 20.8 Å². The number of carbonyl (C=O) groups excluding carboxylic acids is 1. The normalized spacial score (nSPS) is 13.3. The summed E-state index contributed by atoms with van der Waals surface area (Å²) in [6, 6.07) is 0. The molecule has 0 saturated carbocycles. The lowest BCUT2D eigenvalue weighted by Gasteiger charge is -2.23. The maximum atomic E-state index is 11.4. The van der Waals surface area contributed by atoms with Crippen LogP contribution in [0, 0.1) is 5.41 Å². The maximum absolute atomic E-state index is 11.4. The fourth-order valence-electron chi connectivity index (χ4n) is 0.709. The highest BCUT2D eigenvalue weighted by molar-refractivity contribution is 5.87. The molecule has 0 bridgehead atoms. The summed E-state index contributed by atoms with van der Waals surface area (Å²) >= 11 is 0. The number of hydrogen-bond donors (Lipinski definition) is 1. The van der Waals surface area contributed by atoms with Crippen molar-refractivity contribution in [2.24, 2.45) is 11.1 Å². The van der Waals surface area contributed by atoms with Crippen LogP contribution in [0.3, 0.4) is 0 Å². The van der Waals surface area contributed by atoms with E-state index in [0.29, 0.717) is 6.42 Å². The summed E-state index contributed by atoms with van der Waals surface area (Å²) in [6.45, 7) is 9.62. The van der Waals surface area contributed by atoms with E-state index in [-0.39, 0.29) is 11.2 Å². The third kappa shape index (κ3) is 4.96. The largest absolute Gasteiger partial charge is 0.319 e. The summed E-state index contributed by atoms with van der Waals surface area (Å²) in [6.07, 6.45) is 0.552. The van der Waals surface area contributed by atoms with Gasteiger partial charge in [0.2, 0.25) is 0 Å². The Morgan fingerprint density at radius 3 is 1.64 bits per heavy atom. The fourth-order valence-corrected chi connectivity index (χ4v) is 0.709. The van der Waals surface area contributed by atoms with Crippen LogP contribution in [0.1, 0.15) is 41.0 Å². The van der Waals surface area contributed by atoms with Gasteiger partial charge in [-0.05, 0) is 19.3 Å². The molecule has 2 nitrogen and oxygen atoms in total. The van der Waals surface area contributed by atoms with Gasteiger partial charge in [-0.1, -0.05) is 20.8 Å². The van der Waals surface area contributed by atoms with Gasteiger partial charge < -0.3 is 5.73 Å². The Hall–Kier alpha value is -0.370. The molecule has 11 heavy (non-hydrogen) atoms. The lowest BCUT2D eigenvalue weighted by atomic mass is 9.84. The minimum atomic E-state index is -0.673. The highest BCUT2D eigenvalue weighted by Gasteiger charge is 2.26. The lowest BCUT2D eigenvalue weighted by Crippen LogP contribution is -2.43. The average molecular weight is 157 g/mol. The van der Waals surface area contributed by atoms with Gasteiger partial charge in [0.15, 0.2) is 5.78 Å². The van der Waals surface area contributed by atoms with E-state index < -0.39 is 5.54 Å². The second-order valence-corrected chi connectivity index (χ2v) is 4.88. The van der Waals surface area contributed by atoms with Crippen molar-refractivity contribution in [1.29, 1.82) is 0 Å². The van der Waals surface area contributed by atoms with Crippen LogP contribution < -0.4 is 5.73 Å². The predicted molar refractivity (Wildman–Crippen MR) is 47.3 cm³/mol. The van der Waals surface area contributed by atoms with E-state index in [9.17, 15) is 4.79 Å². The maximum Gasteiger partial charge on any atom is 0.152 e. The average Bonchev–Trinajstić information content (AvgIpc) is 1.56. The Morgan fingerprint density at radius 1 is 1.18 bits per heavy atom. The monoisotopic (exact) mass is 157 g/mol. The van der Waals surface area contributed by atoms with Crippen LogP contribution in [0.4, 0.5) is 0 Å². The zero-order valence-electron chi connectivity index (χ0n) is 8.19. The fraction of sp³-hybridized carbons (Fsp3) is 0.889. The first kappa shape index (κ1) is 10.6. The smallest absolute Gasteiger partial charge is 0.152 e. The van der Waals surface area contributed by atoms with Crippen molar-refractivity contribution in [3.63, 3.8) is 0 Å². The van der Waals surface area contributed by atoms with Crippen LogP contribution in [-0.2, 0) is 4.79 Å². The zero-order valence-corrected chi connectivity index (χ0v) is 8.19. The molecule has 66 valence electrons. The molecular weight excluding hydrogens is 138 g/mol. The zero-order chi connectivity index (χ0) is 9.28. The number of hydrogen-bond acceptors (Lipinski definition) is 2. The molecule has 0 aliphatic rings. The van der Waals surface area contributed by atoms with Crippen LogP contribution in [0.2, 0.25) is 0 Å². The molecule has 0 aromatic rings. The SMILES string of the molecule is CC(C)(C)CC(=O)C(C)(C)N. The molecule has 0 rings (SSSR count). The van der Waals surface area contributed by atoms with Gasteiger partial charge >= 0.3 is 0 Å². The highest BCUT2D eigenvalue weighted by atomic mass is 16.1. The first-order valence-electron chi connectivity index (χ1n) is 3.95. The van der Waals surface area contributed by atoms with Crippen molar-refractivity contribution in [1.82, 2.24) is 0 Å². The number of carbonyl (C=O) groups is 1. The van der Waals surface area contributed by atoms with E-state index in [2.05, 4.69) is 0 Å². The molecule has 0 spiro atoms. The van der Waals surface area contributed by atoms with E-state index in [1.165, 1.54) is 0 Å². The Morgan fingerprint density at radius 2 is 1.55 bits per heavy atom. The first-order valence-corrected chi connectivity index (χ1v) is 3.95. The standard InChI is InChI=1S/C9H19NO/c1-8(2,3)6-7(11)9(4,5)10/h6,10H2,1-5H3. The Labute approximate surface area is 69.2 Å². The third-order valence-corrected chi connectivity index (χ3v) is 1.41. The van der Waals surface area contributed by atoms with Crippen molar-refractivity contribution < 1.29 is 4.79 Å². The molecular formula is C9H19NO. The van der Waals surface area contributed by atoms with Crippen molar-refractivity contribution in [2.75, 3.05) is 0 Å². The van der Waals surface area contributed by atoms with Gasteiger partial charge in [-0.2, -0.15) is 0 Å². The minimum Gasteiger partial charge on any atom is -0.319 e. The molecule has 2 heteroatoms. The summed E-state index contributed by atoms with van der Waals surface area (Å²) in [7, 11) is 0. The van der Waals surface area contributed by atoms with Crippen molar-refractivity contribution >= 4 is 5.78 Å². The summed E-state index contributed by atoms with van der Waals surface area (Å²) in [5, 5.41) is 0. The number of Topliss-reactive ketones (excluding diaryl/α,β-unsaturated/α-hetero) is 1. The van der Waals surface area contributed by atoms with E-state index in [4.69, 9.17) is 5.73 Å². The Kier molecular flexibility index (Phi) is 2.84. The van der Waals surface area contributed by atoms with Gasteiger partial charge in [-0.25, -0.2) is 0 Å². The number of ketones is 1. The van der Waals surface area contributed by atoms with E-state index in [1.54, 1.807) is 13.8 Å². The van der Waals surface area contributed by atoms with Crippen molar-refractivity contribution in [3.05, 3.63) is 0 Å². The molecule has 0 aromatic carbocycles. The first-order chi connectivity index (χ1) is 4.63. The van der Waals surface area contributed by atoms with Crippen molar-refractivity contribution in [3.8, 4) is 0 Å². The molecule has 0 aromatic heterocycles. The Bertz CT molecular complexity index is 148. The molecule has 0 unspecified atom stereocenters. The molecule has 0 amide bonds. The van der Waals surface area contributed by atoms with Crippen LogP contribution in [0.15, 0.2) is 0 Å². The van der Waals surface area contributed by atoms with Gasteiger partial charge in [0.1, 0.15) is 0 Å². The minimum absolute atomic E-state index is 0.0493. The molecule has 0 fully saturated rings. The summed E-state index contributed by atoms with van der Waals surface area (Å²) in [5.74, 6) is 0.130. The topological polar surface area (TPSA) is 43.1 Å². The van der Waals surface area contributed by atoms with Gasteiger partial charge in [0.05, 0.1) is 5.54 Å². The molecule has 0 atom stereocenters. The van der Waals surface area contributed by atoms with Gasteiger partial charge in [0.25, 0.3) is 0 Å². The Balaban J connectivity index is 4.11. The molecule has 0 saturated heterocycles. The second-order valence-electron chi connectivity index (χ2n) is 4.88. The second kappa shape index (κ2) is 2.94. The molecule has 0 aliphatic heterocycles. The van der Waals surface area contributed by atoms with E-state index in [0.717, 1.165) is 0 Å². The number of nitrogens with two attached hydrogens (primary N) is 1. The van der Waals surface area contributed by atoms with Crippen LogP contribution in [-0.4, -0.2) is 11.3 Å². The molecule has 0 radical (unpaired) electrons. The lowest BCUT2D eigenvalue weighted by molar-refractivity contribution is -0.124. The summed E-state index contributed by atoms with van der Waals surface area (Å²) in [4.78, 5) is 11.4. The predicted octanol–water partition coefficient (Wildman–Crippen LogP) is 1.73. The van der Waals surface area contributed by atoms with Gasteiger partial charge in [-0.3, -0.25) is 4.79 Å². The molecule has 0 aliphatic carbocycles. The molecule has 2 N–H and O–H groups in total. The van der Waals surface area contributed by atoms with Crippen molar-refractivity contribution in [2.45, 2.75) is 46.6 Å². The van der Waals surface area contributed by atoms with Gasteiger partial charge in [0, 0.05) is 6.42 Å². The third-order valence-electron chi connectivity index (χ3n) is 1.41. The molecule has 0 heterocycles. The highest BCUT2D eigenvalue weighted by Crippen LogP contribution is 2.21. The van der Waals surface area contributed by atoms with Gasteiger partial charge in [-0.15, -0.1) is 0 Å². The number of rotatable bonds is 2.